The second kappa shape index (κ2) is 9.68. The van der Waals surface area contributed by atoms with Gasteiger partial charge in [-0.3, -0.25) is 4.79 Å². The fourth-order valence-corrected chi connectivity index (χ4v) is 4.64. The number of methoxy groups -OCH3 is 1. The number of imidazole rings is 1. The predicted molar refractivity (Wildman–Crippen MR) is 125 cm³/mol. The monoisotopic (exact) mass is 532 g/mol. The zero-order valence-electron chi connectivity index (χ0n) is 19.5. The SMILES string of the molecule is COC1=NCC(C)=C(N2CCCn3c2nc2c(Cl)ccc(C(NC(=O)C(F)F)C(F)(F)F)c23)C(C)=N1. The number of hydrogen-bond donors (Lipinski definition) is 1. The highest BCUT2D eigenvalue weighted by molar-refractivity contribution is 6.35. The van der Waals surface area contributed by atoms with Gasteiger partial charge in [-0.25, -0.2) is 9.98 Å². The number of benzene rings is 1. The van der Waals surface area contributed by atoms with E-state index in [-0.39, 0.29) is 28.6 Å². The van der Waals surface area contributed by atoms with Crippen molar-refractivity contribution in [3.63, 3.8) is 0 Å². The Balaban J connectivity index is 1.90. The molecular weight excluding hydrogens is 511 g/mol. The van der Waals surface area contributed by atoms with Crippen LogP contribution in [0.15, 0.2) is 33.4 Å². The summed E-state index contributed by atoms with van der Waals surface area (Å²) in [5.74, 6) is -1.71. The third-order valence-corrected chi connectivity index (χ3v) is 6.20. The van der Waals surface area contributed by atoms with Crippen LogP contribution in [0.25, 0.3) is 11.0 Å². The highest BCUT2D eigenvalue weighted by atomic mass is 35.5. The van der Waals surface area contributed by atoms with Crippen molar-refractivity contribution in [3.05, 3.63) is 34.0 Å². The molecule has 1 N–H and O–H groups in total. The standard InChI is InChI=1S/C22H22ClF5N6O2/c1-10-9-29-20(36-3)30-11(2)15(10)33-7-4-8-34-16-12(5-6-13(23)14(16)31-21(33)34)17(22(26,27)28)32-19(35)18(24)25/h5-6,17-18H,4,7-9H2,1-3H3,(H,32,35). The van der Waals surface area contributed by atoms with E-state index in [2.05, 4.69) is 15.0 Å². The topological polar surface area (TPSA) is 84.1 Å². The Labute approximate surface area is 207 Å². The average Bonchev–Trinajstić information content (AvgIpc) is 3.14. The van der Waals surface area contributed by atoms with E-state index in [1.807, 2.05) is 11.8 Å². The first-order chi connectivity index (χ1) is 16.9. The van der Waals surface area contributed by atoms with E-state index in [4.69, 9.17) is 16.3 Å². The second-order valence-corrected chi connectivity index (χ2v) is 8.72. The molecule has 0 fully saturated rings. The number of allylic oxidation sites excluding steroid dienone is 1. The van der Waals surface area contributed by atoms with Gasteiger partial charge in [-0.2, -0.15) is 26.9 Å². The number of aromatic nitrogens is 2. The van der Waals surface area contributed by atoms with Crippen LogP contribution < -0.4 is 10.2 Å². The summed E-state index contributed by atoms with van der Waals surface area (Å²) < 4.78 is 74.4. The molecule has 14 heteroatoms. The van der Waals surface area contributed by atoms with Gasteiger partial charge in [0.25, 0.3) is 5.91 Å². The molecule has 0 spiro atoms. The molecule has 194 valence electrons. The fourth-order valence-electron chi connectivity index (χ4n) is 4.45. The van der Waals surface area contributed by atoms with Crippen LogP contribution in [0.3, 0.4) is 0 Å². The van der Waals surface area contributed by atoms with Crippen molar-refractivity contribution in [1.29, 1.82) is 0 Å². The molecule has 2 aliphatic heterocycles. The number of amides is 1. The molecule has 36 heavy (non-hydrogen) atoms. The molecule has 0 bridgehead atoms. The molecule has 0 aliphatic carbocycles. The van der Waals surface area contributed by atoms with Crippen LogP contribution in [0.5, 0.6) is 0 Å². The van der Waals surface area contributed by atoms with Crippen molar-refractivity contribution in [1.82, 2.24) is 14.9 Å². The van der Waals surface area contributed by atoms with Gasteiger partial charge in [0.15, 0.2) is 6.04 Å². The first-order valence-corrected chi connectivity index (χ1v) is 11.3. The quantitative estimate of drug-likeness (QED) is 0.582. The smallest absolute Gasteiger partial charge is 0.412 e. The number of aryl methyl sites for hydroxylation is 1. The number of carbonyl (C=O) groups is 1. The van der Waals surface area contributed by atoms with Gasteiger partial charge >= 0.3 is 18.6 Å². The number of carbonyl (C=O) groups excluding carboxylic acids is 1. The van der Waals surface area contributed by atoms with Crippen molar-refractivity contribution in [3.8, 4) is 0 Å². The third kappa shape index (κ3) is 4.63. The summed E-state index contributed by atoms with van der Waals surface area (Å²) in [6.07, 6.45) is -8.13. The first-order valence-electron chi connectivity index (χ1n) is 10.9. The molecule has 0 radical (unpaired) electrons. The lowest BCUT2D eigenvalue weighted by molar-refractivity contribution is -0.166. The minimum atomic E-state index is -5.05. The number of alkyl halides is 5. The number of nitrogens with zero attached hydrogens (tertiary/aromatic N) is 5. The lowest BCUT2D eigenvalue weighted by Crippen LogP contribution is -2.41. The molecule has 1 aromatic carbocycles. The zero-order valence-corrected chi connectivity index (χ0v) is 20.2. The largest absolute Gasteiger partial charge is 0.467 e. The first kappa shape index (κ1) is 25.9. The molecule has 1 amide bonds. The van der Waals surface area contributed by atoms with Gasteiger partial charge in [0.05, 0.1) is 35.6 Å². The van der Waals surface area contributed by atoms with Crippen molar-refractivity contribution >= 4 is 46.2 Å². The number of halogens is 6. The molecule has 1 unspecified atom stereocenters. The van der Waals surface area contributed by atoms with Crippen LogP contribution in [0, 0.1) is 0 Å². The Hall–Kier alpha value is -3.22. The Kier molecular flexibility index (Phi) is 6.95. The van der Waals surface area contributed by atoms with Gasteiger partial charge in [0.1, 0.15) is 5.52 Å². The Morgan fingerprint density at radius 1 is 1.22 bits per heavy atom. The maximum Gasteiger partial charge on any atom is 0.412 e. The lowest BCUT2D eigenvalue weighted by atomic mass is 10.0. The molecule has 0 saturated heterocycles. The highest BCUT2D eigenvalue weighted by Gasteiger charge is 2.45. The molecule has 2 aromatic rings. The van der Waals surface area contributed by atoms with E-state index < -0.39 is 30.1 Å². The summed E-state index contributed by atoms with van der Waals surface area (Å²) in [6, 6.07) is -0.211. The van der Waals surface area contributed by atoms with Crippen LogP contribution >= 0.6 is 11.6 Å². The minimum Gasteiger partial charge on any atom is -0.467 e. The molecule has 2 aliphatic rings. The van der Waals surface area contributed by atoms with Crippen LogP contribution in [-0.4, -0.2) is 60.0 Å². The lowest BCUT2D eigenvalue weighted by Gasteiger charge is -2.32. The maximum absolute atomic E-state index is 14.0. The summed E-state index contributed by atoms with van der Waals surface area (Å²) >= 11 is 6.33. The summed E-state index contributed by atoms with van der Waals surface area (Å²) in [4.78, 5) is 26.6. The zero-order chi connectivity index (χ0) is 26.4. The van der Waals surface area contributed by atoms with Gasteiger partial charge < -0.3 is 19.5 Å². The maximum atomic E-state index is 14.0. The fraction of sp³-hybridized carbons (Fsp3) is 0.455. The summed E-state index contributed by atoms with van der Waals surface area (Å²) in [5.41, 5.74) is 1.75. The normalized spacial score (nSPS) is 17.6. The van der Waals surface area contributed by atoms with Gasteiger partial charge in [-0.1, -0.05) is 17.7 Å². The second-order valence-electron chi connectivity index (χ2n) is 8.32. The van der Waals surface area contributed by atoms with Gasteiger partial charge in [0.2, 0.25) is 5.95 Å². The van der Waals surface area contributed by atoms with E-state index in [9.17, 15) is 26.7 Å². The summed E-state index contributed by atoms with van der Waals surface area (Å²) in [5, 5.41) is 1.50. The van der Waals surface area contributed by atoms with Crippen LogP contribution in [0.1, 0.15) is 31.9 Å². The van der Waals surface area contributed by atoms with Crippen molar-refractivity contribution < 1.29 is 31.5 Å². The van der Waals surface area contributed by atoms with E-state index in [1.54, 1.807) is 11.5 Å². The Morgan fingerprint density at radius 3 is 2.58 bits per heavy atom. The molecule has 1 atom stereocenters. The molecule has 1 aromatic heterocycles. The number of fused-ring (bicyclic) bond motifs is 3. The number of ether oxygens (including phenoxy) is 1. The van der Waals surface area contributed by atoms with Crippen LogP contribution in [-0.2, 0) is 16.1 Å². The highest BCUT2D eigenvalue weighted by Crippen LogP contribution is 2.41. The van der Waals surface area contributed by atoms with E-state index >= 15 is 0 Å². The molecule has 4 rings (SSSR count). The number of rotatable bonds is 4. The summed E-state index contributed by atoms with van der Waals surface area (Å²) in [6.45, 7) is 4.69. The predicted octanol–water partition coefficient (Wildman–Crippen LogP) is 4.64. The van der Waals surface area contributed by atoms with Crippen molar-refractivity contribution in [2.45, 2.75) is 45.5 Å². The number of aliphatic imine (C=N–C) groups is 2. The van der Waals surface area contributed by atoms with E-state index in [0.717, 1.165) is 11.6 Å². The van der Waals surface area contributed by atoms with Gasteiger partial charge in [-0.05, 0) is 31.9 Å². The van der Waals surface area contributed by atoms with Gasteiger partial charge in [0, 0.05) is 18.7 Å². The van der Waals surface area contributed by atoms with Crippen molar-refractivity contribution in [2.75, 3.05) is 25.1 Å². The van der Waals surface area contributed by atoms with Crippen LogP contribution in [0.2, 0.25) is 5.02 Å². The molecular formula is C22H22ClF5N6O2. The molecule has 3 heterocycles. The van der Waals surface area contributed by atoms with E-state index in [0.29, 0.717) is 36.9 Å². The number of nitrogens with one attached hydrogen (secondary N) is 1. The van der Waals surface area contributed by atoms with E-state index in [1.165, 1.54) is 18.5 Å². The average molecular weight is 533 g/mol. The molecule has 8 nitrogen and oxygen atoms in total. The Morgan fingerprint density at radius 2 is 1.94 bits per heavy atom. The number of amidine groups is 1. The third-order valence-electron chi connectivity index (χ3n) is 5.90. The number of anilines is 1. The minimum absolute atomic E-state index is 0.00869. The van der Waals surface area contributed by atoms with Crippen LogP contribution in [0.4, 0.5) is 27.9 Å². The van der Waals surface area contributed by atoms with Gasteiger partial charge in [-0.15, -0.1) is 0 Å². The Bertz CT molecular complexity index is 1300. The summed E-state index contributed by atoms with van der Waals surface area (Å²) in [7, 11) is 1.45. The number of hydrogen-bond acceptors (Lipinski definition) is 6. The molecule has 0 saturated carbocycles. The van der Waals surface area contributed by atoms with Crippen molar-refractivity contribution in [2.24, 2.45) is 9.98 Å².